The van der Waals surface area contributed by atoms with Crippen LogP contribution in [-0.2, 0) is 4.79 Å². The molecule has 0 radical (unpaired) electrons. The van der Waals surface area contributed by atoms with Gasteiger partial charge in [-0.15, -0.1) is 11.3 Å². The molecule has 0 aromatic carbocycles. The van der Waals surface area contributed by atoms with Crippen LogP contribution < -0.4 is 10.6 Å². The molecular formula is C14H22N2O3S. The van der Waals surface area contributed by atoms with Crippen LogP contribution in [0.4, 0.5) is 0 Å². The number of hydrogen-bond donors (Lipinski definition) is 3. The Morgan fingerprint density at radius 3 is 2.75 bits per heavy atom. The summed E-state index contributed by atoms with van der Waals surface area (Å²) in [5, 5.41) is 16.4. The van der Waals surface area contributed by atoms with Crippen molar-refractivity contribution in [2.45, 2.75) is 38.6 Å². The van der Waals surface area contributed by atoms with E-state index >= 15 is 0 Å². The Labute approximate surface area is 123 Å². The normalized spacial score (nSPS) is 11.2. The molecule has 0 aliphatic rings. The first-order valence-corrected chi connectivity index (χ1v) is 7.56. The summed E-state index contributed by atoms with van der Waals surface area (Å²) in [7, 11) is 0. The number of thiophene rings is 1. The Balaban J connectivity index is 2.18. The van der Waals surface area contributed by atoms with Gasteiger partial charge in [-0.2, -0.15) is 0 Å². The topological polar surface area (TPSA) is 78.4 Å². The minimum absolute atomic E-state index is 0.0458. The highest BCUT2D eigenvalue weighted by Crippen LogP contribution is 2.09. The van der Waals surface area contributed by atoms with Gasteiger partial charge in [0.15, 0.2) is 0 Å². The van der Waals surface area contributed by atoms with E-state index in [4.69, 9.17) is 5.11 Å². The number of carbonyl (C=O) groups excluding carboxylic acids is 2. The van der Waals surface area contributed by atoms with Crippen molar-refractivity contribution in [3.63, 3.8) is 0 Å². The van der Waals surface area contributed by atoms with E-state index in [1.807, 2.05) is 25.3 Å². The molecule has 0 saturated heterocycles. The van der Waals surface area contributed by atoms with E-state index in [9.17, 15) is 9.59 Å². The largest absolute Gasteiger partial charge is 0.396 e. The number of rotatable bonds is 8. The maximum atomic E-state index is 11.7. The van der Waals surface area contributed by atoms with E-state index in [-0.39, 0.29) is 18.4 Å². The lowest BCUT2D eigenvalue weighted by Gasteiger charge is -2.25. The van der Waals surface area contributed by atoms with Gasteiger partial charge in [0.2, 0.25) is 5.91 Å². The average Bonchev–Trinajstić information content (AvgIpc) is 2.87. The van der Waals surface area contributed by atoms with Crippen molar-refractivity contribution < 1.29 is 14.7 Å². The van der Waals surface area contributed by atoms with Crippen LogP contribution in [-0.4, -0.2) is 35.6 Å². The van der Waals surface area contributed by atoms with Gasteiger partial charge in [-0.25, -0.2) is 0 Å². The predicted octanol–water partition coefficient (Wildman–Crippen LogP) is 1.54. The van der Waals surface area contributed by atoms with Gasteiger partial charge in [-0.3, -0.25) is 9.59 Å². The van der Waals surface area contributed by atoms with Crippen LogP contribution >= 0.6 is 11.3 Å². The second-order valence-corrected chi connectivity index (χ2v) is 6.19. The molecule has 20 heavy (non-hydrogen) atoms. The lowest BCUT2D eigenvalue weighted by Crippen LogP contribution is -2.44. The monoisotopic (exact) mass is 298 g/mol. The minimum Gasteiger partial charge on any atom is -0.396 e. The van der Waals surface area contributed by atoms with Crippen molar-refractivity contribution in [1.29, 1.82) is 0 Å². The first-order valence-electron chi connectivity index (χ1n) is 6.68. The van der Waals surface area contributed by atoms with Gasteiger partial charge in [-0.1, -0.05) is 6.07 Å². The summed E-state index contributed by atoms with van der Waals surface area (Å²) in [6, 6.07) is 3.60. The second-order valence-electron chi connectivity index (χ2n) is 5.24. The van der Waals surface area contributed by atoms with Gasteiger partial charge < -0.3 is 15.7 Å². The molecule has 0 bridgehead atoms. The number of hydrogen-bond acceptors (Lipinski definition) is 4. The van der Waals surface area contributed by atoms with Crippen LogP contribution in [0.3, 0.4) is 0 Å². The zero-order valence-corrected chi connectivity index (χ0v) is 12.8. The summed E-state index contributed by atoms with van der Waals surface area (Å²) < 4.78 is 0. The molecule has 0 aliphatic carbocycles. The van der Waals surface area contributed by atoms with Gasteiger partial charge in [-0.05, 0) is 38.1 Å². The highest BCUT2D eigenvalue weighted by atomic mass is 32.1. The summed E-state index contributed by atoms with van der Waals surface area (Å²) in [5.41, 5.74) is -0.397. The third kappa shape index (κ3) is 6.16. The van der Waals surface area contributed by atoms with Gasteiger partial charge in [0.25, 0.3) is 5.91 Å². The summed E-state index contributed by atoms with van der Waals surface area (Å²) in [5.74, 6) is -0.158. The smallest absolute Gasteiger partial charge is 0.261 e. The number of carbonyl (C=O) groups is 2. The third-order valence-electron chi connectivity index (χ3n) is 2.83. The number of aliphatic hydroxyl groups is 1. The summed E-state index contributed by atoms with van der Waals surface area (Å²) >= 11 is 1.39. The summed E-state index contributed by atoms with van der Waals surface area (Å²) in [6.45, 7) is 4.27. The van der Waals surface area contributed by atoms with E-state index in [0.29, 0.717) is 30.7 Å². The van der Waals surface area contributed by atoms with Crippen molar-refractivity contribution in [1.82, 2.24) is 10.6 Å². The van der Waals surface area contributed by atoms with Crippen LogP contribution in [0, 0.1) is 0 Å². The van der Waals surface area contributed by atoms with Crippen LogP contribution in [0.25, 0.3) is 0 Å². The van der Waals surface area contributed by atoms with E-state index in [0.717, 1.165) is 0 Å². The Kier molecular flexibility index (Phi) is 6.67. The van der Waals surface area contributed by atoms with Gasteiger partial charge >= 0.3 is 0 Å². The molecule has 3 N–H and O–H groups in total. The van der Waals surface area contributed by atoms with E-state index in [2.05, 4.69) is 10.6 Å². The molecule has 6 heteroatoms. The molecule has 0 atom stereocenters. The minimum atomic E-state index is -0.397. The summed E-state index contributed by atoms with van der Waals surface area (Å²) in [6.07, 6.45) is 1.48. The van der Waals surface area contributed by atoms with Gasteiger partial charge in [0.05, 0.1) is 4.88 Å². The van der Waals surface area contributed by atoms with E-state index < -0.39 is 5.54 Å². The number of aliphatic hydroxyl groups excluding tert-OH is 1. The second kappa shape index (κ2) is 8.01. The van der Waals surface area contributed by atoms with Gasteiger partial charge in [0.1, 0.15) is 0 Å². The first kappa shape index (κ1) is 16.7. The molecular weight excluding hydrogens is 276 g/mol. The average molecular weight is 298 g/mol. The SMILES string of the molecule is CC(C)(CCO)NC(=O)CCCNC(=O)c1cccs1. The molecule has 2 amide bonds. The van der Waals surface area contributed by atoms with Crippen molar-refractivity contribution in [3.05, 3.63) is 22.4 Å². The van der Waals surface area contributed by atoms with Crippen molar-refractivity contribution in [3.8, 4) is 0 Å². The highest BCUT2D eigenvalue weighted by Gasteiger charge is 2.19. The fourth-order valence-corrected chi connectivity index (χ4v) is 2.37. The molecule has 0 fully saturated rings. The maximum Gasteiger partial charge on any atom is 0.261 e. The molecule has 0 aliphatic heterocycles. The molecule has 0 unspecified atom stereocenters. The van der Waals surface area contributed by atoms with Crippen molar-refractivity contribution in [2.24, 2.45) is 0 Å². The van der Waals surface area contributed by atoms with Crippen LogP contribution in [0.5, 0.6) is 0 Å². The Morgan fingerprint density at radius 1 is 1.40 bits per heavy atom. The highest BCUT2D eigenvalue weighted by molar-refractivity contribution is 7.12. The predicted molar refractivity (Wildman–Crippen MR) is 79.8 cm³/mol. The fourth-order valence-electron chi connectivity index (χ4n) is 1.73. The molecule has 5 nitrogen and oxygen atoms in total. The fraction of sp³-hybridized carbons (Fsp3) is 0.571. The molecule has 1 aromatic heterocycles. The molecule has 1 rings (SSSR count). The zero-order valence-electron chi connectivity index (χ0n) is 11.9. The van der Waals surface area contributed by atoms with E-state index in [1.54, 1.807) is 6.07 Å². The maximum absolute atomic E-state index is 11.7. The summed E-state index contributed by atoms with van der Waals surface area (Å²) in [4.78, 5) is 24.0. The quantitative estimate of drug-likeness (QED) is 0.637. The number of nitrogens with one attached hydrogen (secondary N) is 2. The standard InChI is InChI=1S/C14H22N2O3S/c1-14(2,7-9-17)16-12(18)6-3-8-15-13(19)11-5-4-10-20-11/h4-5,10,17H,3,6-9H2,1-2H3,(H,15,19)(H,16,18). The van der Waals surface area contributed by atoms with Crippen molar-refractivity contribution >= 4 is 23.2 Å². The molecule has 0 saturated carbocycles. The van der Waals surface area contributed by atoms with Crippen molar-refractivity contribution in [2.75, 3.05) is 13.2 Å². The van der Waals surface area contributed by atoms with Gasteiger partial charge in [0, 0.05) is 25.1 Å². The molecule has 112 valence electrons. The Hall–Kier alpha value is -1.40. The number of amides is 2. The molecule has 1 aromatic rings. The Morgan fingerprint density at radius 2 is 2.15 bits per heavy atom. The molecule has 0 spiro atoms. The zero-order chi connectivity index (χ0) is 15.0. The lowest BCUT2D eigenvalue weighted by molar-refractivity contribution is -0.122. The Bertz CT molecular complexity index is 430. The van der Waals surface area contributed by atoms with Crippen LogP contribution in [0.15, 0.2) is 17.5 Å². The first-order chi connectivity index (χ1) is 9.44. The molecule has 1 heterocycles. The third-order valence-corrected chi connectivity index (χ3v) is 3.69. The van der Waals surface area contributed by atoms with Crippen LogP contribution in [0.1, 0.15) is 42.8 Å². The van der Waals surface area contributed by atoms with E-state index in [1.165, 1.54) is 11.3 Å². The lowest BCUT2D eigenvalue weighted by atomic mass is 10.0. The van der Waals surface area contributed by atoms with Crippen LogP contribution in [0.2, 0.25) is 0 Å².